The number of cyclic esters (lactones) is 1. The van der Waals surface area contributed by atoms with Crippen molar-refractivity contribution < 1.29 is 53.0 Å². The largest absolute Gasteiger partial charge is 0.462 e. The van der Waals surface area contributed by atoms with E-state index in [-0.39, 0.29) is 38.0 Å². The molecule has 0 aromatic carbocycles. The van der Waals surface area contributed by atoms with E-state index >= 15 is 0 Å². The van der Waals surface area contributed by atoms with Crippen LogP contribution >= 0.6 is 0 Å². The van der Waals surface area contributed by atoms with Gasteiger partial charge >= 0.3 is 17.9 Å². The Bertz CT molecular complexity index is 1340. The van der Waals surface area contributed by atoms with Crippen molar-refractivity contribution in [2.75, 3.05) is 33.0 Å². The molecule has 2 saturated heterocycles. The van der Waals surface area contributed by atoms with E-state index in [1.807, 2.05) is 0 Å². The summed E-state index contributed by atoms with van der Waals surface area (Å²) in [4.78, 5) is 37.2. The summed E-state index contributed by atoms with van der Waals surface area (Å²) < 4.78 is 35.5. The number of esters is 3. The summed E-state index contributed by atoms with van der Waals surface area (Å²) in [5.74, 6) is -1.37. The molecular weight excluding hydrogens is 596 g/mol. The van der Waals surface area contributed by atoms with Gasteiger partial charge in [-0.1, -0.05) is 42.4 Å². The molecule has 5 rings (SSSR count). The number of aliphatic hydroxyl groups is 2. The van der Waals surface area contributed by atoms with Crippen LogP contribution in [0.1, 0.15) is 59.8 Å². The Morgan fingerprint density at radius 1 is 1.24 bits per heavy atom. The quantitative estimate of drug-likeness (QED) is 0.0718. The van der Waals surface area contributed by atoms with E-state index < -0.39 is 46.7 Å². The molecule has 3 fully saturated rings. The van der Waals surface area contributed by atoms with Crippen LogP contribution in [0.4, 0.5) is 0 Å². The fourth-order valence-electron chi connectivity index (χ4n) is 7.55. The molecule has 2 aliphatic carbocycles. The number of allylic oxidation sites excluding steroid dienone is 3. The molecule has 0 unspecified atom stereocenters. The number of fused-ring (bicyclic) bond motifs is 2. The maximum atomic E-state index is 13.2. The predicted molar refractivity (Wildman–Crippen MR) is 165 cm³/mol. The predicted octanol–water partition coefficient (Wildman–Crippen LogP) is 3.19. The molecule has 1 spiro atoms. The van der Waals surface area contributed by atoms with E-state index in [9.17, 15) is 24.6 Å². The van der Waals surface area contributed by atoms with Crippen LogP contribution in [0.15, 0.2) is 59.3 Å². The van der Waals surface area contributed by atoms with Gasteiger partial charge in [0.15, 0.2) is 0 Å². The second-order valence-electron chi connectivity index (χ2n) is 13.3. The molecule has 3 heterocycles. The molecule has 0 aromatic heterocycles. The van der Waals surface area contributed by atoms with Crippen molar-refractivity contribution in [1.82, 2.24) is 0 Å². The van der Waals surface area contributed by atoms with E-state index in [0.717, 1.165) is 17.6 Å². The number of aliphatic hydroxyl groups excluding tert-OH is 2. The Morgan fingerprint density at radius 2 is 2.02 bits per heavy atom. The van der Waals surface area contributed by atoms with Gasteiger partial charge in [-0.3, -0.25) is 0 Å². The molecule has 0 aromatic rings. The maximum Gasteiger partial charge on any atom is 0.331 e. The van der Waals surface area contributed by atoms with Crippen molar-refractivity contribution in [1.29, 1.82) is 0 Å². The van der Waals surface area contributed by atoms with Crippen LogP contribution in [-0.4, -0.2) is 97.3 Å². The lowest BCUT2D eigenvalue weighted by molar-refractivity contribution is -0.232. The third kappa shape index (κ3) is 6.66. The molecule has 0 radical (unpaired) electrons. The standard InChI is InChI=1S/C35H46O11/c1-22-9-12-34(20-43-31(39)16-23(2)10-13-36)28(15-22)45-29-18-27(33(34,4)35(29)21-44-35)46-30(38)8-6-5-7-26(24(3)37)41-14-11-25-17-32(40)42-19-25/h5-8,15-17,24,26-29,36-37H,9-14,18-21H2,1-4H3/b7-5+,8-6-,23-16+/t24-,26-,27-,28-,29-,33-,34-,35-/m1/s1. The Morgan fingerprint density at radius 3 is 2.70 bits per heavy atom. The van der Waals surface area contributed by atoms with Crippen LogP contribution in [0.25, 0.3) is 0 Å². The fourth-order valence-corrected chi connectivity index (χ4v) is 7.55. The minimum absolute atomic E-state index is 0.0517. The summed E-state index contributed by atoms with van der Waals surface area (Å²) in [6.45, 7) is 8.59. The topological polar surface area (TPSA) is 150 Å². The van der Waals surface area contributed by atoms with Crippen molar-refractivity contribution in [3.8, 4) is 0 Å². The van der Waals surface area contributed by atoms with E-state index in [0.29, 0.717) is 38.9 Å². The smallest absolute Gasteiger partial charge is 0.331 e. The van der Waals surface area contributed by atoms with Crippen molar-refractivity contribution in [2.45, 2.75) is 95.9 Å². The average molecular weight is 643 g/mol. The zero-order chi connectivity index (χ0) is 33.1. The van der Waals surface area contributed by atoms with Gasteiger partial charge in [-0.15, -0.1) is 0 Å². The molecule has 0 amide bonds. The highest BCUT2D eigenvalue weighted by atomic mass is 16.6. The summed E-state index contributed by atoms with van der Waals surface area (Å²) in [6, 6.07) is 0. The number of epoxide rings is 1. The molecule has 8 atom stereocenters. The molecule has 3 aliphatic heterocycles. The summed E-state index contributed by atoms with van der Waals surface area (Å²) >= 11 is 0. The Hall–Kier alpha value is -3.09. The lowest BCUT2D eigenvalue weighted by Crippen LogP contribution is -2.66. The number of hydrogen-bond acceptors (Lipinski definition) is 11. The van der Waals surface area contributed by atoms with E-state index in [1.165, 1.54) is 23.8 Å². The van der Waals surface area contributed by atoms with Gasteiger partial charge in [-0.25, -0.2) is 14.4 Å². The second kappa shape index (κ2) is 13.9. The maximum absolute atomic E-state index is 13.2. The van der Waals surface area contributed by atoms with Crippen LogP contribution in [0.2, 0.25) is 0 Å². The van der Waals surface area contributed by atoms with Gasteiger partial charge in [-0.2, -0.15) is 0 Å². The highest BCUT2D eigenvalue weighted by molar-refractivity contribution is 5.85. The zero-order valence-electron chi connectivity index (χ0n) is 27.1. The van der Waals surface area contributed by atoms with Gasteiger partial charge in [0.2, 0.25) is 0 Å². The first kappa shape index (κ1) is 34.3. The highest BCUT2D eigenvalue weighted by Gasteiger charge is 2.83. The fraction of sp³-hybridized carbons (Fsp3) is 0.629. The monoisotopic (exact) mass is 642 g/mol. The first-order chi connectivity index (χ1) is 21.9. The Kier molecular flexibility index (Phi) is 10.4. The van der Waals surface area contributed by atoms with Gasteiger partial charge in [-0.05, 0) is 52.0 Å². The summed E-state index contributed by atoms with van der Waals surface area (Å²) in [5.41, 5.74) is 0.749. The lowest BCUT2D eigenvalue weighted by atomic mass is 9.51. The molecule has 46 heavy (non-hydrogen) atoms. The third-order valence-corrected chi connectivity index (χ3v) is 10.4. The third-order valence-electron chi connectivity index (χ3n) is 10.4. The van der Waals surface area contributed by atoms with Crippen molar-refractivity contribution in [3.05, 3.63) is 59.3 Å². The van der Waals surface area contributed by atoms with Crippen molar-refractivity contribution >= 4 is 17.9 Å². The number of ether oxygens (including phenoxy) is 6. The molecule has 11 nitrogen and oxygen atoms in total. The Labute approximate surface area is 269 Å². The zero-order valence-corrected chi connectivity index (χ0v) is 27.1. The average Bonchev–Trinajstić information content (AvgIpc) is 3.67. The van der Waals surface area contributed by atoms with Crippen LogP contribution in [0, 0.1) is 10.8 Å². The molecule has 11 heteroatoms. The lowest BCUT2D eigenvalue weighted by Gasteiger charge is -2.58. The van der Waals surface area contributed by atoms with Gasteiger partial charge in [0.1, 0.15) is 31.0 Å². The van der Waals surface area contributed by atoms with Crippen LogP contribution in [-0.2, 0) is 42.8 Å². The van der Waals surface area contributed by atoms with Crippen LogP contribution in [0.3, 0.4) is 0 Å². The number of rotatable bonds is 14. The normalized spacial score (nSPS) is 34.7. The molecular formula is C35H46O11. The van der Waals surface area contributed by atoms with Crippen molar-refractivity contribution in [3.63, 3.8) is 0 Å². The van der Waals surface area contributed by atoms with Gasteiger partial charge in [0.05, 0.1) is 36.9 Å². The van der Waals surface area contributed by atoms with E-state index in [1.54, 1.807) is 32.1 Å². The molecule has 2 N–H and O–H groups in total. The van der Waals surface area contributed by atoms with Gasteiger partial charge < -0.3 is 38.6 Å². The second-order valence-corrected chi connectivity index (χ2v) is 13.3. The van der Waals surface area contributed by atoms with E-state index in [4.69, 9.17) is 28.4 Å². The molecule has 252 valence electrons. The Balaban J connectivity index is 1.27. The SMILES string of the molecule is CC1=C[C@H]2O[C@@H]3C[C@@H](OC(=O)/C=C\C=C\[C@@H](OCCC4=CC(=O)OC4)[C@@H](C)O)[C@](C)([C@@]2(COC(=O)/C=C(\C)CCO)CC1)[C@@]31CO1. The first-order valence-corrected chi connectivity index (χ1v) is 16.1. The number of carbonyl (C=O) groups is 3. The number of hydrogen-bond donors (Lipinski definition) is 2. The van der Waals surface area contributed by atoms with Crippen LogP contribution in [0.5, 0.6) is 0 Å². The summed E-state index contributed by atoms with van der Waals surface area (Å²) in [6.07, 6.45) is 11.4. The molecule has 2 bridgehead atoms. The van der Waals surface area contributed by atoms with Gasteiger partial charge in [0.25, 0.3) is 0 Å². The first-order valence-electron chi connectivity index (χ1n) is 16.1. The molecule has 1 saturated carbocycles. The highest BCUT2D eigenvalue weighted by Crippen LogP contribution is 2.72. The van der Waals surface area contributed by atoms with Crippen LogP contribution < -0.4 is 0 Å². The number of carbonyl (C=O) groups excluding carboxylic acids is 3. The minimum Gasteiger partial charge on any atom is -0.462 e. The molecule has 5 aliphatic rings. The summed E-state index contributed by atoms with van der Waals surface area (Å²) in [5, 5.41) is 19.3. The summed E-state index contributed by atoms with van der Waals surface area (Å²) in [7, 11) is 0. The van der Waals surface area contributed by atoms with E-state index in [2.05, 4.69) is 19.9 Å². The van der Waals surface area contributed by atoms with Crippen molar-refractivity contribution in [2.24, 2.45) is 10.8 Å². The minimum atomic E-state index is -0.792. The van der Waals surface area contributed by atoms with Gasteiger partial charge in [0, 0.05) is 36.7 Å².